The monoisotopic (exact) mass is 416 g/mol. The molecule has 0 saturated heterocycles. The Kier molecular flexibility index (Phi) is 4.54. The van der Waals surface area contributed by atoms with Gasteiger partial charge in [0.1, 0.15) is 11.3 Å². The third-order valence-corrected chi connectivity index (χ3v) is 4.88. The summed E-state index contributed by atoms with van der Waals surface area (Å²) < 4.78 is 17.1. The van der Waals surface area contributed by atoms with Gasteiger partial charge in [0, 0.05) is 18.8 Å². The summed E-state index contributed by atoms with van der Waals surface area (Å²) in [5.41, 5.74) is 4.58. The number of nitrogens with one attached hydrogen (secondary N) is 1. The molecule has 3 aromatic heterocycles. The fraction of sp³-hybridized carbons (Fsp3) is 0.150. The number of aryl methyl sites for hydroxylation is 2. The number of halogens is 1. The Bertz CT molecular complexity index is 1390. The van der Waals surface area contributed by atoms with Gasteiger partial charge in [-0.15, -0.1) is 5.10 Å². The number of tetrazole rings is 1. The zero-order chi connectivity index (χ0) is 21.4. The van der Waals surface area contributed by atoms with Gasteiger partial charge in [-0.3, -0.25) is 5.32 Å². The van der Waals surface area contributed by atoms with Crippen LogP contribution in [0.5, 0.6) is 0 Å². The van der Waals surface area contributed by atoms with E-state index in [1.54, 1.807) is 37.0 Å². The molecule has 0 amide bonds. The van der Waals surface area contributed by atoms with Crippen molar-refractivity contribution in [1.29, 1.82) is 0 Å². The molecule has 11 heteroatoms. The van der Waals surface area contributed by atoms with E-state index in [2.05, 4.69) is 41.1 Å². The highest BCUT2D eigenvalue weighted by Crippen LogP contribution is 2.23. The molecule has 0 radical (unpaired) electrons. The normalized spacial score (nSPS) is 11.2. The Morgan fingerprint density at radius 2 is 1.94 bits per heavy atom. The van der Waals surface area contributed by atoms with E-state index in [-0.39, 0.29) is 5.82 Å². The Morgan fingerprint density at radius 3 is 2.74 bits per heavy atom. The molecule has 0 atom stereocenters. The average Bonchev–Trinajstić information content (AvgIpc) is 3.36. The maximum Gasteiger partial charge on any atom is 0.249 e. The Balaban J connectivity index is 1.42. The van der Waals surface area contributed by atoms with E-state index in [1.807, 2.05) is 24.3 Å². The number of benzene rings is 2. The topological polar surface area (TPSA) is 112 Å². The number of nitrogens with zero attached hydrogens (tertiary/aromatic N) is 9. The van der Waals surface area contributed by atoms with Crippen LogP contribution in [0.15, 0.2) is 48.7 Å². The lowest BCUT2D eigenvalue weighted by Crippen LogP contribution is -2.04. The van der Waals surface area contributed by atoms with Gasteiger partial charge in [0.2, 0.25) is 11.9 Å². The molecule has 1 N–H and O–H groups in total. The average molecular weight is 416 g/mol. The van der Waals surface area contributed by atoms with E-state index in [0.29, 0.717) is 29.7 Å². The van der Waals surface area contributed by atoms with Crippen molar-refractivity contribution in [2.24, 2.45) is 7.05 Å². The molecule has 0 fully saturated rings. The molecule has 0 aliphatic carbocycles. The second-order valence-electron chi connectivity index (χ2n) is 7.05. The maximum absolute atomic E-state index is 13.9. The molecule has 3 heterocycles. The standard InChI is InChI=1S/C20H17FN10/c1-12-3-4-13(9-15(12)21)11-31-18-6-5-14(10-17(18)25-28-31)16-7-8-22-19(23-16)24-20-26-27-29-30(20)2/h3-10H,11H2,1-2H3,(H,22,23,24,26,29). The van der Waals surface area contributed by atoms with Gasteiger partial charge in [0.05, 0.1) is 17.8 Å². The molecular weight excluding hydrogens is 399 g/mol. The molecule has 5 aromatic rings. The summed E-state index contributed by atoms with van der Waals surface area (Å²) in [5.74, 6) is 0.582. The van der Waals surface area contributed by atoms with E-state index < -0.39 is 0 Å². The van der Waals surface area contributed by atoms with Crippen molar-refractivity contribution in [2.45, 2.75) is 13.5 Å². The molecule has 0 unspecified atom stereocenters. The van der Waals surface area contributed by atoms with Crippen molar-refractivity contribution in [3.05, 3.63) is 65.6 Å². The van der Waals surface area contributed by atoms with E-state index in [1.165, 1.54) is 10.7 Å². The predicted octanol–water partition coefficient (Wildman–Crippen LogP) is 2.65. The summed E-state index contributed by atoms with van der Waals surface area (Å²) in [5, 5.41) is 22.7. The summed E-state index contributed by atoms with van der Waals surface area (Å²) in [6.07, 6.45) is 1.65. The molecule has 5 rings (SSSR count). The molecule has 10 nitrogen and oxygen atoms in total. The molecule has 0 spiro atoms. The first-order valence-electron chi connectivity index (χ1n) is 9.48. The van der Waals surface area contributed by atoms with Gasteiger partial charge in [-0.2, -0.15) is 0 Å². The minimum atomic E-state index is -0.227. The van der Waals surface area contributed by atoms with Crippen molar-refractivity contribution in [3.63, 3.8) is 0 Å². The van der Waals surface area contributed by atoms with Crippen molar-refractivity contribution in [1.82, 2.24) is 45.2 Å². The van der Waals surface area contributed by atoms with E-state index >= 15 is 0 Å². The third-order valence-electron chi connectivity index (χ3n) is 4.88. The first kappa shape index (κ1) is 18.7. The molecule has 2 aromatic carbocycles. The fourth-order valence-electron chi connectivity index (χ4n) is 3.17. The first-order valence-corrected chi connectivity index (χ1v) is 9.48. The lowest BCUT2D eigenvalue weighted by Gasteiger charge is -2.06. The number of hydrogen-bond acceptors (Lipinski definition) is 8. The van der Waals surface area contributed by atoms with E-state index in [9.17, 15) is 4.39 Å². The van der Waals surface area contributed by atoms with Gasteiger partial charge in [-0.05, 0) is 52.7 Å². The SMILES string of the molecule is Cc1ccc(Cn2nnc3cc(-c4ccnc(Nc5nnnn5C)n4)ccc32)cc1F. The number of fused-ring (bicyclic) bond motifs is 1. The Labute approximate surface area is 175 Å². The third kappa shape index (κ3) is 3.68. The number of hydrogen-bond donors (Lipinski definition) is 1. The molecular formula is C20H17FN10. The largest absolute Gasteiger partial charge is 0.291 e. The van der Waals surface area contributed by atoms with Crippen LogP contribution >= 0.6 is 0 Å². The second kappa shape index (κ2) is 7.52. The second-order valence-corrected chi connectivity index (χ2v) is 7.05. The number of rotatable bonds is 5. The van der Waals surface area contributed by atoms with Crippen LogP contribution in [-0.4, -0.2) is 45.2 Å². The molecule has 154 valence electrons. The summed E-state index contributed by atoms with van der Waals surface area (Å²) >= 11 is 0. The zero-order valence-corrected chi connectivity index (χ0v) is 16.7. The van der Waals surface area contributed by atoms with Crippen LogP contribution in [0.3, 0.4) is 0 Å². The highest BCUT2D eigenvalue weighted by Gasteiger charge is 2.11. The van der Waals surface area contributed by atoms with Crippen LogP contribution in [-0.2, 0) is 13.6 Å². The maximum atomic E-state index is 13.9. The van der Waals surface area contributed by atoms with Crippen LogP contribution in [0, 0.1) is 12.7 Å². The van der Waals surface area contributed by atoms with Crippen molar-refractivity contribution in [3.8, 4) is 11.3 Å². The molecule has 0 bridgehead atoms. The Hall–Kier alpha value is -4.28. The predicted molar refractivity (Wildman–Crippen MR) is 111 cm³/mol. The van der Waals surface area contributed by atoms with E-state index in [4.69, 9.17) is 0 Å². The van der Waals surface area contributed by atoms with Gasteiger partial charge >= 0.3 is 0 Å². The van der Waals surface area contributed by atoms with Gasteiger partial charge in [0.25, 0.3) is 0 Å². The fourth-order valence-corrected chi connectivity index (χ4v) is 3.17. The lowest BCUT2D eigenvalue weighted by molar-refractivity contribution is 0.609. The van der Waals surface area contributed by atoms with Crippen LogP contribution < -0.4 is 5.32 Å². The first-order chi connectivity index (χ1) is 15.1. The Morgan fingerprint density at radius 1 is 1.03 bits per heavy atom. The zero-order valence-electron chi connectivity index (χ0n) is 16.7. The van der Waals surface area contributed by atoms with Gasteiger partial charge in [0.15, 0.2) is 0 Å². The molecule has 0 aliphatic heterocycles. The van der Waals surface area contributed by atoms with Gasteiger partial charge < -0.3 is 0 Å². The van der Waals surface area contributed by atoms with Crippen molar-refractivity contribution in [2.75, 3.05) is 5.32 Å². The number of anilines is 2. The minimum absolute atomic E-state index is 0.227. The molecule has 31 heavy (non-hydrogen) atoms. The summed E-state index contributed by atoms with van der Waals surface area (Å²) in [6.45, 7) is 2.17. The summed E-state index contributed by atoms with van der Waals surface area (Å²) in [7, 11) is 1.72. The van der Waals surface area contributed by atoms with Crippen LogP contribution in [0.2, 0.25) is 0 Å². The minimum Gasteiger partial charge on any atom is -0.291 e. The lowest BCUT2D eigenvalue weighted by atomic mass is 10.1. The van der Waals surface area contributed by atoms with Gasteiger partial charge in [-0.25, -0.2) is 23.7 Å². The van der Waals surface area contributed by atoms with Crippen LogP contribution in [0.4, 0.5) is 16.3 Å². The van der Waals surface area contributed by atoms with Crippen molar-refractivity contribution >= 4 is 22.9 Å². The smallest absolute Gasteiger partial charge is 0.249 e. The summed E-state index contributed by atoms with van der Waals surface area (Å²) in [6, 6.07) is 12.8. The van der Waals surface area contributed by atoms with Crippen LogP contribution in [0.1, 0.15) is 11.1 Å². The van der Waals surface area contributed by atoms with E-state index in [0.717, 1.165) is 22.2 Å². The van der Waals surface area contributed by atoms with Crippen molar-refractivity contribution < 1.29 is 4.39 Å². The molecule has 0 aliphatic rings. The highest BCUT2D eigenvalue weighted by molar-refractivity contribution is 5.80. The number of aromatic nitrogens is 9. The molecule has 0 saturated carbocycles. The summed E-state index contributed by atoms with van der Waals surface area (Å²) in [4.78, 5) is 8.74. The van der Waals surface area contributed by atoms with Crippen LogP contribution in [0.25, 0.3) is 22.3 Å². The quantitative estimate of drug-likeness (QED) is 0.465. The highest BCUT2D eigenvalue weighted by atomic mass is 19.1. The van der Waals surface area contributed by atoms with Gasteiger partial charge in [-0.1, -0.05) is 28.5 Å².